The van der Waals surface area contributed by atoms with Gasteiger partial charge in [0.2, 0.25) is 0 Å². The van der Waals surface area contributed by atoms with Gasteiger partial charge in [-0.1, -0.05) is 0 Å². The SMILES string of the molecule is CCOC(=O)CC(C)NC(C)(C)CCO. The minimum atomic E-state index is -0.183. The molecule has 1 atom stereocenters. The summed E-state index contributed by atoms with van der Waals surface area (Å²) in [5.41, 5.74) is -0.152. The van der Waals surface area contributed by atoms with Gasteiger partial charge in [-0.2, -0.15) is 0 Å². The average Bonchev–Trinajstić information content (AvgIpc) is 2.01. The summed E-state index contributed by atoms with van der Waals surface area (Å²) in [6, 6.07) is 0.0607. The smallest absolute Gasteiger partial charge is 0.307 e. The number of esters is 1. The average molecular weight is 217 g/mol. The van der Waals surface area contributed by atoms with Crippen molar-refractivity contribution < 1.29 is 14.6 Å². The van der Waals surface area contributed by atoms with Crippen LogP contribution in [0.1, 0.15) is 40.5 Å². The third-order valence-electron chi connectivity index (χ3n) is 2.15. The van der Waals surface area contributed by atoms with Gasteiger partial charge in [0.15, 0.2) is 0 Å². The van der Waals surface area contributed by atoms with Gasteiger partial charge in [0.05, 0.1) is 13.0 Å². The molecule has 0 aromatic heterocycles. The maximum absolute atomic E-state index is 11.2. The van der Waals surface area contributed by atoms with Crippen molar-refractivity contribution in [2.45, 2.75) is 52.1 Å². The van der Waals surface area contributed by atoms with Crippen molar-refractivity contribution in [1.29, 1.82) is 0 Å². The van der Waals surface area contributed by atoms with E-state index in [1.165, 1.54) is 0 Å². The molecule has 0 spiro atoms. The maximum atomic E-state index is 11.2. The van der Waals surface area contributed by atoms with Gasteiger partial charge in [0, 0.05) is 18.2 Å². The molecule has 4 nitrogen and oxygen atoms in total. The first-order valence-corrected chi connectivity index (χ1v) is 5.45. The van der Waals surface area contributed by atoms with E-state index in [0.717, 1.165) is 0 Å². The second-order valence-corrected chi connectivity index (χ2v) is 4.41. The number of hydrogen-bond acceptors (Lipinski definition) is 4. The van der Waals surface area contributed by atoms with E-state index < -0.39 is 0 Å². The molecule has 0 heterocycles. The zero-order valence-corrected chi connectivity index (χ0v) is 10.2. The zero-order valence-electron chi connectivity index (χ0n) is 10.2. The van der Waals surface area contributed by atoms with Gasteiger partial charge in [-0.15, -0.1) is 0 Å². The van der Waals surface area contributed by atoms with Crippen LogP contribution in [0.5, 0.6) is 0 Å². The highest BCUT2D eigenvalue weighted by Crippen LogP contribution is 2.10. The van der Waals surface area contributed by atoms with E-state index in [1.54, 1.807) is 6.92 Å². The maximum Gasteiger partial charge on any atom is 0.307 e. The molecule has 0 aliphatic carbocycles. The fourth-order valence-corrected chi connectivity index (χ4v) is 1.54. The predicted octanol–water partition coefficient (Wildman–Crippen LogP) is 1.08. The highest BCUT2D eigenvalue weighted by molar-refractivity contribution is 5.70. The van der Waals surface area contributed by atoms with E-state index in [-0.39, 0.29) is 24.2 Å². The second kappa shape index (κ2) is 6.80. The monoisotopic (exact) mass is 217 g/mol. The lowest BCUT2D eigenvalue weighted by molar-refractivity contribution is -0.143. The van der Waals surface area contributed by atoms with E-state index in [0.29, 0.717) is 19.4 Å². The molecule has 0 saturated heterocycles. The van der Waals surface area contributed by atoms with Crippen molar-refractivity contribution in [2.75, 3.05) is 13.2 Å². The van der Waals surface area contributed by atoms with Crippen LogP contribution in [0.3, 0.4) is 0 Å². The zero-order chi connectivity index (χ0) is 11.9. The summed E-state index contributed by atoms with van der Waals surface area (Å²) in [4.78, 5) is 11.2. The van der Waals surface area contributed by atoms with Gasteiger partial charge in [-0.3, -0.25) is 4.79 Å². The Labute approximate surface area is 92.0 Å². The Hall–Kier alpha value is -0.610. The molecular formula is C11H23NO3. The third kappa shape index (κ3) is 7.33. The Kier molecular flexibility index (Phi) is 6.52. The molecule has 2 N–H and O–H groups in total. The molecule has 0 aromatic rings. The fraction of sp³-hybridized carbons (Fsp3) is 0.909. The van der Waals surface area contributed by atoms with Crippen LogP contribution < -0.4 is 5.32 Å². The Bertz CT molecular complexity index is 192. The summed E-state index contributed by atoms with van der Waals surface area (Å²) in [5.74, 6) is -0.183. The summed E-state index contributed by atoms with van der Waals surface area (Å²) in [6.07, 6.45) is 1.03. The molecule has 1 unspecified atom stereocenters. The topological polar surface area (TPSA) is 58.6 Å². The highest BCUT2D eigenvalue weighted by Gasteiger charge is 2.20. The lowest BCUT2D eigenvalue weighted by Crippen LogP contribution is -2.46. The predicted molar refractivity (Wildman–Crippen MR) is 59.6 cm³/mol. The number of carbonyl (C=O) groups is 1. The van der Waals surface area contributed by atoms with E-state index in [1.807, 2.05) is 20.8 Å². The van der Waals surface area contributed by atoms with Crippen molar-refractivity contribution in [3.8, 4) is 0 Å². The van der Waals surface area contributed by atoms with Crippen molar-refractivity contribution in [3.63, 3.8) is 0 Å². The number of carbonyl (C=O) groups excluding carboxylic acids is 1. The van der Waals surface area contributed by atoms with Crippen molar-refractivity contribution in [1.82, 2.24) is 5.32 Å². The van der Waals surface area contributed by atoms with Crippen LogP contribution in [0.25, 0.3) is 0 Å². The quantitative estimate of drug-likeness (QED) is 0.626. The summed E-state index contributed by atoms with van der Waals surface area (Å²) >= 11 is 0. The minimum Gasteiger partial charge on any atom is -0.466 e. The summed E-state index contributed by atoms with van der Waals surface area (Å²) < 4.78 is 4.86. The second-order valence-electron chi connectivity index (χ2n) is 4.41. The molecule has 0 saturated carbocycles. The van der Waals surface area contributed by atoms with E-state index in [2.05, 4.69) is 5.32 Å². The van der Waals surface area contributed by atoms with E-state index in [9.17, 15) is 4.79 Å². The van der Waals surface area contributed by atoms with Crippen LogP contribution in [0.2, 0.25) is 0 Å². The van der Waals surface area contributed by atoms with Gasteiger partial charge < -0.3 is 15.2 Å². The van der Waals surface area contributed by atoms with Crippen LogP contribution in [0, 0.1) is 0 Å². The molecule has 15 heavy (non-hydrogen) atoms. The summed E-state index contributed by atoms with van der Waals surface area (Å²) in [6.45, 7) is 8.31. The van der Waals surface area contributed by atoms with Crippen molar-refractivity contribution in [3.05, 3.63) is 0 Å². The molecule has 0 aliphatic rings. The number of aliphatic hydroxyl groups excluding tert-OH is 1. The number of nitrogens with one attached hydrogen (secondary N) is 1. The van der Waals surface area contributed by atoms with E-state index in [4.69, 9.17) is 9.84 Å². The molecule has 0 radical (unpaired) electrons. The first kappa shape index (κ1) is 14.4. The van der Waals surface area contributed by atoms with Gasteiger partial charge in [0.1, 0.15) is 0 Å². The van der Waals surface area contributed by atoms with Crippen LogP contribution in [-0.4, -0.2) is 35.9 Å². The van der Waals surface area contributed by atoms with Crippen molar-refractivity contribution in [2.24, 2.45) is 0 Å². The minimum absolute atomic E-state index is 0.0607. The molecule has 0 bridgehead atoms. The van der Waals surface area contributed by atoms with Crippen LogP contribution in [0.4, 0.5) is 0 Å². The summed E-state index contributed by atoms with van der Waals surface area (Å²) in [5, 5.41) is 12.1. The van der Waals surface area contributed by atoms with Gasteiger partial charge in [-0.25, -0.2) is 0 Å². The van der Waals surface area contributed by atoms with Gasteiger partial charge >= 0.3 is 5.97 Å². The first-order valence-electron chi connectivity index (χ1n) is 5.45. The van der Waals surface area contributed by atoms with Crippen LogP contribution in [0.15, 0.2) is 0 Å². The molecule has 4 heteroatoms. The lowest BCUT2D eigenvalue weighted by atomic mass is 9.99. The number of ether oxygens (including phenoxy) is 1. The van der Waals surface area contributed by atoms with Gasteiger partial charge in [0.25, 0.3) is 0 Å². The van der Waals surface area contributed by atoms with Crippen molar-refractivity contribution >= 4 is 5.97 Å². The Morgan fingerprint density at radius 2 is 2.13 bits per heavy atom. The fourth-order valence-electron chi connectivity index (χ4n) is 1.54. The van der Waals surface area contributed by atoms with E-state index >= 15 is 0 Å². The number of aliphatic hydroxyl groups is 1. The van der Waals surface area contributed by atoms with Gasteiger partial charge in [-0.05, 0) is 34.1 Å². The largest absolute Gasteiger partial charge is 0.466 e. The molecule has 0 amide bonds. The molecule has 0 rings (SSSR count). The lowest BCUT2D eigenvalue weighted by Gasteiger charge is -2.29. The standard InChI is InChI=1S/C11H23NO3/c1-5-15-10(14)8-9(2)12-11(3,4)6-7-13/h9,12-13H,5-8H2,1-4H3. The number of rotatable bonds is 7. The Balaban J connectivity index is 3.91. The normalized spacial score (nSPS) is 13.7. The molecule has 0 aromatic carbocycles. The molecule has 90 valence electrons. The van der Waals surface area contributed by atoms with Crippen LogP contribution >= 0.6 is 0 Å². The number of hydrogen-bond donors (Lipinski definition) is 2. The molecular weight excluding hydrogens is 194 g/mol. The third-order valence-corrected chi connectivity index (χ3v) is 2.15. The molecule has 0 aliphatic heterocycles. The molecule has 0 fully saturated rings. The van der Waals surface area contributed by atoms with Crippen LogP contribution in [-0.2, 0) is 9.53 Å². The Morgan fingerprint density at radius 1 is 1.53 bits per heavy atom. The first-order chi connectivity index (χ1) is 6.91. The summed E-state index contributed by atoms with van der Waals surface area (Å²) in [7, 11) is 0. The highest BCUT2D eigenvalue weighted by atomic mass is 16.5. The Morgan fingerprint density at radius 3 is 2.60 bits per heavy atom.